The normalized spacial score (nSPS) is 10.5. The van der Waals surface area contributed by atoms with Crippen molar-refractivity contribution in [3.8, 4) is 17.0 Å². The molecule has 2 aromatic rings. The first-order chi connectivity index (χ1) is 7.61. The third-order valence-corrected chi connectivity index (χ3v) is 3.80. The van der Waals surface area contributed by atoms with Gasteiger partial charge in [0, 0.05) is 10.9 Å². The summed E-state index contributed by atoms with van der Waals surface area (Å²) in [6.45, 7) is 4.10. The minimum atomic E-state index is 0.911. The van der Waals surface area contributed by atoms with Crippen molar-refractivity contribution in [2.45, 2.75) is 13.8 Å². The highest BCUT2D eigenvalue weighted by Crippen LogP contribution is 2.31. The molecule has 0 atom stereocenters. The van der Waals surface area contributed by atoms with Crippen molar-refractivity contribution in [2.24, 2.45) is 0 Å². The topological polar surface area (TPSA) is 22.1 Å². The van der Waals surface area contributed by atoms with Gasteiger partial charge in [-0.1, -0.05) is 0 Å². The maximum atomic E-state index is 5.34. The first-order valence-corrected chi connectivity index (χ1v) is 6.55. The van der Waals surface area contributed by atoms with Crippen LogP contribution in [0.4, 0.5) is 0 Å². The molecule has 4 heteroatoms. The molecular weight excluding hydrogens is 286 g/mol. The van der Waals surface area contributed by atoms with E-state index in [0.29, 0.717) is 0 Å². The zero-order valence-corrected chi connectivity index (χ0v) is 11.8. The van der Waals surface area contributed by atoms with Gasteiger partial charge < -0.3 is 4.74 Å². The molecule has 0 aliphatic rings. The van der Waals surface area contributed by atoms with E-state index in [-0.39, 0.29) is 0 Å². The minimum Gasteiger partial charge on any atom is -0.496 e. The number of aryl methyl sites for hydroxylation is 2. The molecule has 0 saturated heterocycles. The van der Waals surface area contributed by atoms with Crippen LogP contribution >= 0.6 is 27.3 Å². The summed E-state index contributed by atoms with van der Waals surface area (Å²) < 4.78 is 6.26. The molecule has 2 rings (SSSR count). The Morgan fingerprint density at radius 2 is 1.88 bits per heavy atom. The lowest BCUT2D eigenvalue weighted by Gasteiger charge is -2.10. The molecule has 2 nitrogen and oxygen atoms in total. The Morgan fingerprint density at radius 1 is 1.25 bits per heavy atom. The van der Waals surface area contributed by atoms with Crippen LogP contribution in [0.5, 0.6) is 5.75 Å². The van der Waals surface area contributed by atoms with Crippen LogP contribution in [-0.2, 0) is 0 Å². The zero-order valence-electron chi connectivity index (χ0n) is 9.37. The molecule has 1 aromatic heterocycles. The molecule has 16 heavy (non-hydrogen) atoms. The number of hydrogen-bond donors (Lipinski definition) is 0. The molecule has 0 bridgehead atoms. The summed E-state index contributed by atoms with van der Waals surface area (Å²) in [5.41, 5.74) is 4.42. The number of nitrogens with zero attached hydrogens (tertiary/aromatic N) is 1. The quantitative estimate of drug-likeness (QED) is 0.829. The fraction of sp³-hybridized carbons (Fsp3) is 0.250. The Hall–Kier alpha value is -0.870. The van der Waals surface area contributed by atoms with Crippen molar-refractivity contribution in [1.29, 1.82) is 0 Å². The summed E-state index contributed by atoms with van der Waals surface area (Å²) in [5.74, 6) is 0.957. The third-order valence-electron chi connectivity index (χ3n) is 2.44. The van der Waals surface area contributed by atoms with Crippen LogP contribution < -0.4 is 4.74 Å². The summed E-state index contributed by atoms with van der Waals surface area (Å²) in [4.78, 5) is 4.41. The molecule has 0 aliphatic heterocycles. The lowest BCUT2D eigenvalue weighted by molar-refractivity contribution is 0.408. The van der Waals surface area contributed by atoms with Crippen LogP contribution in [0.15, 0.2) is 21.4 Å². The number of methoxy groups -OCH3 is 1. The van der Waals surface area contributed by atoms with E-state index in [4.69, 9.17) is 4.74 Å². The summed E-state index contributed by atoms with van der Waals surface area (Å²) in [7, 11) is 1.70. The zero-order chi connectivity index (χ0) is 11.7. The Bertz CT molecular complexity index is 498. The van der Waals surface area contributed by atoms with E-state index < -0.39 is 0 Å². The molecule has 1 heterocycles. The molecule has 0 amide bonds. The number of ether oxygens (including phenoxy) is 1. The smallest absolute Gasteiger partial charge is 0.159 e. The minimum absolute atomic E-state index is 0.911. The predicted molar refractivity (Wildman–Crippen MR) is 71.3 cm³/mol. The van der Waals surface area contributed by atoms with Crippen molar-refractivity contribution in [3.05, 3.63) is 32.6 Å². The predicted octanol–water partition coefficient (Wildman–Crippen LogP) is 4.20. The van der Waals surface area contributed by atoms with E-state index >= 15 is 0 Å². The molecular formula is C12H12BrNOS. The lowest BCUT2D eigenvalue weighted by atomic mass is 10.0. The van der Waals surface area contributed by atoms with Crippen molar-refractivity contribution in [3.63, 3.8) is 0 Å². The molecule has 0 saturated carbocycles. The van der Waals surface area contributed by atoms with E-state index in [2.05, 4.69) is 46.9 Å². The van der Waals surface area contributed by atoms with E-state index in [1.165, 1.54) is 0 Å². The maximum Gasteiger partial charge on any atom is 0.159 e. The number of halogens is 1. The molecule has 0 spiro atoms. The Morgan fingerprint density at radius 3 is 2.31 bits per heavy atom. The maximum absolute atomic E-state index is 5.34. The fourth-order valence-corrected chi connectivity index (χ4v) is 2.82. The molecule has 0 radical (unpaired) electrons. The molecule has 0 fully saturated rings. The largest absolute Gasteiger partial charge is 0.496 e. The van der Waals surface area contributed by atoms with Crippen LogP contribution in [0.2, 0.25) is 0 Å². The van der Waals surface area contributed by atoms with Gasteiger partial charge in [0.25, 0.3) is 0 Å². The van der Waals surface area contributed by atoms with Gasteiger partial charge in [0.15, 0.2) is 3.92 Å². The van der Waals surface area contributed by atoms with Gasteiger partial charge in [-0.2, -0.15) is 0 Å². The highest BCUT2D eigenvalue weighted by atomic mass is 79.9. The van der Waals surface area contributed by atoms with Crippen LogP contribution in [0.25, 0.3) is 11.3 Å². The van der Waals surface area contributed by atoms with E-state index in [0.717, 1.165) is 32.1 Å². The second-order valence-electron chi connectivity index (χ2n) is 3.63. The Kier molecular flexibility index (Phi) is 3.30. The van der Waals surface area contributed by atoms with Gasteiger partial charge in [0.05, 0.1) is 12.8 Å². The molecule has 1 aromatic carbocycles. The molecule has 0 unspecified atom stereocenters. The third kappa shape index (κ3) is 2.13. The van der Waals surface area contributed by atoms with Crippen LogP contribution in [-0.4, -0.2) is 12.1 Å². The van der Waals surface area contributed by atoms with Crippen molar-refractivity contribution < 1.29 is 4.74 Å². The average Bonchev–Trinajstić information content (AvgIpc) is 2.64. The van der Waals surface area contributed by atoms with E-state index in [1.54, 1.807) is 18.4 Å². The molecule has 84 valence electrons. The summed E-state index contributed by atoms with van der Waals surface area (Å²) in [6.07, 6.45) is 0. The van der Waals surface area contributed by atoms with Crippen LogP contribution in [0, 0.1) is 13.8 Å². The monoisotopic (exact) mass is 297 g/mol. The van der Waals surface area contributed by atoms with Gasteiger partial charge in [0.2, 0.25) is 0 Å². The SMILES string of the molecule is COc1c(C)cc(-c2csc(Br)n2)cc1C. The number of rotatable bonds is 2. The summed E-state index contributed by atoms with van der Waals surface area (Å²) in [5, 5.41) is 2.05. The van der Waals surface area contributed by atoms with Crippen molar-refractivity contribution in [1.82, 2.24) is 4.98 Å². The first-order valence-electron chi connectivity index (χ1n) is 4.88. The van der Waals surface area contributed by atoms with Gasteiger partial charge in [0.1, 0.15) is 5.75 Å². The van der Waals surface area contributed by atoms with Crippen LogP contribution in [0.1, 0.15) is 11.1 Å². The lowest BCUT2D eigenvalue weighted by Crippen LogP contribution is -1.92. The van der Waals surface area contributed by atoms with E-state index in [9.17, 15) is 0 Å². The van der Waals surface area contributed by atoms with Gasteiger partial charge in [-0.15, -0.1) is 11.3 Å². The summed E-state index contributed by atoms with van der Waals surface area (Å²) >= 11 is 4.97. The van der Waals surface area contributed by atoms with Crippen molar-refractivity contribution in [2.75, 3.05) is 7.11 Å². The Labute approximate surface area is 107 Å². The van der Waals surface area contributed by atoms with Gasteiger partial charge in [-0.3, -0.25) is 0 Å². The second-order valence-corrected chi connectivity index (χ2v) is 5.76. The second kappa shape index (κ2) is 4.55. The number of aromatic nitrogens is 1. The molecule has 0 aliphatic carbocycles. The van der Waals surface area contributed by atoms with Crippen LogP contribution in [0.3, 0.4) is 0 Å². The van der Waals surface area contributed by atoms with Gasteiger partial charge in [-0.05, 0) is 53.0 Å². The van der Waals surface area contributed by atoms with Gasteiger partial charge in [-0.25, -0.2) is 4.98 Å². The van der Waals surface area contributed by atoms with E-state index in [1.807, 2.05) is 5.38 Å². The summed E-state index contributed by atoms with van der Waals surface area (Å²) in [6, 6.07) is 4.21. The first kappa shape index (κ1) is 11.6. The Balaban J connectivity index is 2.52. The standard InChI is InChI=1S/C12H12BrNOS/c1-7-4-9(5-8(2)11(7)15-3)10-6-16-12(13)14-10/h4-6H,1-3H3. The fourth-order valence-electron chi connectivity index (χ4n) is 1.80. The highest BCUT2D eigenvalue weighted by Gasteiger charge is 2.08. The van der Waals surface area contributed by atoms with Gasteiger partial charge >= 0.3 is 0 Å². The number of hydrogen-bond acceptors (Lipinski definition) is 3. The molecule has 0 N–H and O–H groups in total. The number of benzene rings is 1. The highest BCUT2D eigenvalue weighted by molar-refractivity contribution is 9.11. The average molecular weight is 298 g/mol. The van der Waals surface area contributed by atoms with Crippen molar-refractivity contribution >= 4 is 27.3 Å². The number of thiazole rings is 1.